The number of piperazine rings is 1. The van der Waals surface area contributed by atoms with Crippen molar-refractivity contribution in [1.82, 2.24) is 20.4 Å². The number of nitrogens with one attached hydrogen (secondary N) is 1. The van der Waals surface area contributed by atoms with Gasteiger partial charge in [-0.3, -0.25) is 4.90 Å². The number of rotatable bonds is 6. The SMILES string of the molecule is CCCNCc1ccc(N2CCN(C3CC3)CC2)nn1. The Morgan fingerprint density at radius 1 is 1.15 bits per heavy atom. The molecule has 1 aliphatic heterocycles. The molecule has 0 radical (unpaired) electrons. The van der Waals surface area contributed by atoms with E-state index in [0.29, 0.717) is 0 Å². The van der Waals surface area contributed by atoms with E-state index in [4.69, 9.17) is 0 Å². The highest BCUT2D eigenvalue weighted by Gasteiger charge is 2.31. The first kappa shape index (κ1) is 13.8. The molecule has 1 aromatic rings. The first-order valence-electron chi connectivity index (χ1n) is 7.89. The fourth-order valence-electron chi connectivity index (χ4n) is 2.76. The molecule has 2 heterocycles. The third kappa shape index (κ3) is 3.46. The molecule has 0 amide bonds. The van der Waals surface area contributed by atoms with Crippen LogP contribution in [0.5, 0.6) is 0 Å². The van der Waals surface area contributed by atoms with Crippen LogP contribution in [0.15, 0.2) is 12.1 Å². The number of aromatic nitrogens is 2. The lowest BCUT2D eigenvalue weighted by Gasteiger charge is -2.35. The van der Waals surface area contributed by atoms with E-state index in [9.17, 15) is 0 Å². The molecule has 0 aromatic carbocycles. The van der Waals surface area contributed by atoms with Crippen LogP contribution in [0.25, 0.3) is 0 Å². The highest BCUT2D eigenvalue weighted by atomic mass is 15.3. The fourth-order valence-corrected chi connectivity index (χ4v) is 2.76. The zero-order chi connectivity index (χ0) is 13.8. The normalized spacial score (nSPS) is 20.4. The Kier molecular flexibility index (Phi) is 4.47. The van der Waals surface area contributed by atoms with Crippen molar-refractivity contribution in [1.29, 1.82) is 0 Å². The second kappa shape index (κ2) is 6.50. The first-order valence-corrected chi connectivity index (χ1v) is 7.89. The quantitative estimate of drug-likeness (QED) is 0.792. The first-order chi connectivity index (χ1) is 9.86. The average molecular weight is 275 g/mol. The zero-order valence-electron chi connectivity index (χ0n) is 12.4. The maximum absolute atomic E-state index is 4.38. The summed E-state index contributed by atoms with van der Waals surface area (Å²) in [5.74, 6) is 1.03. The summed E-state index contributed by atoms with van der Waals surface area (Å²) in [5.41, 5.74) is 1.03. The summed E-state index contributed by atoms with van der Waals surface area (Å²) in [6.07, 6.45) is 3.95. The summed E-state index contributed by atoms with van der Waals surface area (Å²) in [4.78, 5) is 4.97. The van der Waals surface area contributed by atoms with Crippen molar-refractivity contribution < 1.29 is 0 Å². The lowest BCUT2D eigenvalue weighted by atomic mass is 10.3. The van der Waals surface area contributed by atoms with Gasteiger partial charge in [-0.1, -0.05) is 6.92 Å². The van der Waals surface area contributed by atoms with Crippen LogP contribution in [0.3, 0.4) is 0 Å². The minimum atomic E-state index is 0.816. The molecule has 5 heteroatoms. The minimum absolute atomic E-state index is 0.816. The summed E-state index contributed by atoms with van der Waals surface area (Å²) in [7, 11) is 0. The standard InChI is InChI=1S/C15H25N5/c1-2-7-16-12-13-3-6-15(18-17-13)20-10-8-19(9-11-20)14-4-5-14/h3,6,14,16H,2,4-5,7-12H2,1H3. The molecule has 2 fully saturated rings. The van der Waals surface area contributed by atoms with Gasteiger partial charge >= 0.3 is 0 Å². The molecular weight excluding hydrogens is 250 g/mol. The van der Waals surface area contributed by atoms with Crippen LogP contribution in [-0.2, 0) is 6.54 Å². The molecule has 1 aromatic heterocycles. The lowest BCUT2D eigenvalue weighted by molar-refractivity contribution is 0.247. The number of nitrogens with zero attached hydrogens (tertiary/aromatic N) is 4. The molecule has 0 unspecified atom stereocenters. The van der Waals surface area contributed by atoms with E-state index in [-0.39, 0.29) is 0 Å². The van der Waals surface area contributed by atoms with Crippen molar-refractivity contribution in [2.45, 2.75) is 38.8 Å². The van der Waals surface area contributed by atoms with Crippen LogP contribution < -0.4 is 10.2 Å². The Morgan fingerprint density at radius 2 is 1.95 bits per heavy atom. The van der Waals surface area contributed by atoms with Gasteiger partial charge in [-0.25, -0.2) is 0 Å². The van der Waals surface area contributed by atoms with Gasteiger partial charge < -0.3 is 10.2 Å². The van der Waals surface area contributed by atoms with Crippen molar-refractivity contribution in [2.24, 2.45) is 0 Å². The van der Waals surface area contributed by atoms with Gasteiger partial charge in [0.05, 0.1) is 5.69 Å². The largest absolute Gasteiger partial charge is 0.353 e. The maximum atomic E-state index is 4.38. The Morgan fingerprint density at radius 3 is 2.55 bits per heavy atom. The van der Waals surface area contributed by atoms with Gasteiger partial charge in [0.1, 0.15) is 0 Å². The molecule has 20 heavy (non-hydrogen) atoms. The van der Waals surface area contributed by atoms with Crippen molar-refractivity contribution >= 4 is 5.82 Å². The maximum Gasteiger partial charge on any atom is 0.151 e. The third-order valence-corrected chi connectivity index (χ3v) is 4.14. The van der Waals surface area contributed by atoms with Gasteiger partial charge in [0, 0.05) is 38.8 Å². The molecule has 2 aliphatic rings. The fraction of sp³-hybridized carbons (Fsp3) is 0.733. The predicted octanol–water partition coefficient (Wildman–Crippen LogP) is 1.26. The Labute approximate surface area is 121 Å². The van der Waals surface area contributed by atoms with Crippen LogP contribution in [0, 0.1) is 0 Å². The number of hydrogen-bond acceptors (Lipinski definition) is 5. The topological polar surface area (TPSA) is 44.3 Å². The highest BCUT2D eigenvalue weighted by Crippen LogP contribution is 2.28. The van der Waals surface area contributed by atoms with Gasteiger partial charge in [-0.15, -0.1) is 5.10 Å². The summed E-state index contributed by atoms with van der Waals surface area (Å²) in [6, 6.07) is 5.09. The summed E-state index contributed by atoms with van der Waals surface area (Å²) >= 11 is 0. The monoisotopic (exact) mass is 275 g/mol. The van der Waals surface area contributed by atoms with Crippen LogP contribution >= 0.6 is 0 Å². The smallest absolute Gasteiger partial charge is 0.151 e. The molecule has 110 valence electrons. The molecule has 1 saturated heterocycles. The van der Waals surface area contributed by atoms with E-state index in [2.05, 4.69) is 44.4 Å². The second-order valence-corrected chi connectivity index (χ2v) is 5.81. The van der Waals surface area contributed by atoms with Crippen LogP contribution in [0.2, 0.25) is 0 Å². The van der Waals surface area contributed by atoms with E-state index in [1.54, 1.807) is 0 Å². The van der Waals surface area contributed by atoms with E-state index in [1.807, 2.05) is 0 Å². The van der Waals surface area contributed by atoms with Gasteiger partial charge in [-0.2, -0.15) is 5.10 Å². The third-order valence-electron chi connectivity index (χ3n) is 4.14. The Balaban J connectivity index is 1.49. The molecular formula is C15H25N5. The van der Waals surface area contributed by atoms with E-state index >= 15 is 0 Å². The van der Waals surface area contributed by atoms with Gasteiger partial charge in [0.25, 0.3) is 0 Å². The Hall–Kier alpha value is -1.20. The molecule has 3 rings (SSSR count). The molecule has 1 aliphatic carbocycles. The van der Waals surface area contributed by atoms with Gasteiger partial charge in [0.2, 0.25) is 0 Å². The van der Waals surface area contributed by atoms with Crippen molar-refractivity contribution in [2.75, 3.05) is 37.6 Å². The summed E-state index contributed by atoms with van der Waals surface area (Å²) in [5, 5.41) is 12.1. The summed E-state index contributed by atoms with van der Waals surface area (Å²) < 4.78 is 0. The predicted molar refractivity (Wildman–Crippen MR) is 80.8 cm³/mol. The van der Waals surface area contributed by atoms with Crippen molar-refractivity contribution in [3.05, 3.63) is 17.8 Å². The van der Waals surface area contributed by atoms with Crippen LogP contribution in [-0.4, -0.2) is 53.9 Å². The number of anilines is 1. The number of hydrogen-bond donors (Lipinski definition) is 1. The molecule has 1 saturated carbocycles. The minimum Gasteiger partial charge on any atom is -0.353 e. The molecule has 0 spiro atoms. The van der Waals surface area contributed by atoms with Gasteiger partial charge in [-0.05, 0) is 37.9 Å². The lowest BCUT2D eigenvalue weighted by Crippen LogP contribution is -2.47. The van der Waals surface area contributed by atoms with Crippen molar-refractivity contribution in [3.8, 4) is 0 Å². The molecule has 5 nitrogen and oxygen atoms in total. The average Bonchev–Trinajstić information content (AvgIpc) is 3.33. The summed E-state index contributed by atoms with van der Waals surface area (Å²) in [6.45, 7) is 8.53. The zero-order valence-corrected chi connectivity index (χ0v) is 12.4. The highest BCUT2D eigenvalue weighted by molar-refractivity contribution is 5.38. The second-order valence-electron chi connectivity index (χ2n) is 5.81. The Bertz CT molecular complexity index is 407. The molecule has 0 bridgehead atoms. The molecule has 0 atom stereocenters. The van der Waals surface area contributed by atoms with E-state index in [0.717, 1.165) is 50.2 Å². The molecule has 1 N–H and O–H groups in total. The van der Waals surface area contributed by atoms with Crippen LogP contribution in [0.4, 0.5) is 5.82 Å². The van der Waals surface area contributed by atoms with Crippen molar-refractivity contribution in [3.63, 3.8) is 0 Å². The van der Waals surface area contributed by atoms with E-state index < -0.39 is 0 Å². The van der Waals surface area contributed by atoms with Crippen LogP contribution in [0.1, 0.15) is 31.9 Å². The van der Waals surface area contributed by atoms with E-state index in [1.165, 1.54) is 25.9 Å². The van der Waals surface area contributed by atoms with Gasteiger partial charge in [0.15, 0.2) is 5.82 Å².